The van der Waals surface area contributed by atoms with Gasteiger partial charge < -0.3 is 0 Å². The molecule has 1 atom stereocenters. The molecule has 0 spiro atoms. The molecule has 1 unspecified atom stereocenters. The summed E-state index contributed by atoms with van der Waals surface area (Å²) in [4.78, 5) is 18.1. The Morgan fingerprint density at radius 1 is 1.15 bits per heavy atom. The molecule has 0 radical (unpaired) electrons. The van der Waals surface area contributed by atoms with E-state index in [1.165, 1.54) is 23.6 Å². The maximum Gasteiger partial charge on any atom is 0.267 e. The van der Waals surface area contributed by atoms with Crippen molar-refractivity contribution in [1.29, 1.82) is 0 Å². The molecule has 0 aliphatic carbocycles. The summed E-state index contributed by atoms with van der Waals surface area (Å²) in [5, 5.41) is 13.5. The van der Waals surface area contributed by atoms with E-state index in [9.17, 15) is 4.79 Å². The summed E-state index contributed by atoms with van der Waals surface area (Å²) in [5.41, 5.74) is 8.24. The van der Waals surface area contributed by atoms with Crippen molar-refractivity contribution in [2.45, 2.75) is 25.3 Å². The predicted octanol–water partition coefficient (Wildman–Crippen LogP) is 4.29. The number of carbonyl (C=O) groups excluding carboxylic acids is 1. The Morgan fingerprint density at radius 2 is 2.03 bits per heavy atom. The first-order valence-corrected chi connectivity index (χ1v) is 11.6. The van der Waals surface area contributed by atoms with Gasteiger partial charge in [0.15, 0.2) is 0 Å². The molecule has 4 heterocycles. The minimum absolute atomic E-state index is 0.377. The second-order valence-electron chi connectivity index (χ2n) is 8.52. The summed E-state index contributed by atoms with van der Waals surface area (Å²) in [7, 11) is 0. The number of aromatic nitrogens is 3. The van der Waals surface area contributed by atoms with Gasteiger partial charge in [-0.1, -0.05) is 30.3 Å². The van der Waals surface area contributed by atoms with Gasteiger partial charge in [-0.05, 0) is 67.3 Å². The fraction of sp³-hybridized carbons (Fsp3) is 0.222. The number of fused-ring (bicyclic) bond motifs is 1. The SMILES string of the molecule is O=C(/C=C/c1ccc(C2CCCN2CCc2c(-c3cccnc3)nn3ccccc23)cc1)NO. The smallest absolute Gasteiger partial charge is 0.267 e. The lowest BCUT2D eigenvalue weighted by atomic mass is 10.0. The molecule has 3 aromatic heterocycles. The summed E-state index contributed by atoms with van der Waals surface area (Å²) >= 11 is 0. The van der Waals surface area contributed by atoms with Crippen LogP contribution in [-0.4, -0.2) is 43.7 Å². The molecular weight excluding hydrogens is 426 g/mol. The van der Waals surface area contributed by atoms with Crippen molar-refractivity contribution in [3.8, 4) is 11.3 Å². The lowest BCUT2D eigenvalue weighted by molar-refractivity contribution is -0.124. The molecule has 0 bridgehead atoms. The van der Waals surface area contributed by atoms with E-state index < -0.39 is 5.91 Å². The van der Waals surface area contributed by atoms with Gasteiger partial charge in [-0.3, -0.25) is 19.9 Å². The van der Waals surface area contributed by atoms with Crippen molar-refractivity contribution in [1.82, 2.24) is 25.0 Å². The number of pyridine rings is 2. The fourth-order valence-electron chi connectivity index (χ4n) is 4.80. The molecular formula is C27H27N5O2. The van der Waals surface area contributed by atoms with Gasteiger partial charge in [0, 0.05) is 48.4 Å². The van der Waals surface area contributed by atoms with Crippen LogP contribution in [0.3, 0.4) is 0 Å². The van der Waals surface area contributed by atoms with Gasteiger partial charge in [0.25, 0.3) is 5.91 Å². The average molecular weight is 454 g/mol. The van der Waals surface area contributed by atoms with E-state index in [2.05, 4.69) is 40.2 Å². The van der Waals surface area contributed by atoms with Crippen LogP contribution in [0, 0.1) is 0 Å². The first kappa shape index (κ1) is 22.0. The average Bonchev–Trinajstić information content (AvgIpc) is 3.51. The number of nitrogens with zero attached hydrogens (tertiary/aromatic N) is 4. The zero-order chi connectivity index (χ0) is 23.3. The molecule has 7 heteroatoms. The number of benzene rings is 1. The fourth-order valence-corrected chi connectivity index (χ4v) is 4.80. The Morgan fingerprint density at radius 3 is 2.82 bits per heavy atom. The second kappa shape index (κ2) is 9.99. The molecule has 2 N–H and O–H groups in total. The van der Waals surface area contributed by atoms with Gasteiger partial charge >= 0.3 is 0 Å². The lowest BCUT2D eigenvalue weighted by Crippen LogP contribution is -2.25. The number of carbonyl (C=O) groups is 1. The number of rotatable bonds is 7. The maximum atomic E-state index is 11.2. The monoisotopic (exact) mass is 453 g/mol. The number of likely N-dealkylation sites (tertiary alicyclic amines) is 1. The number of hydrogen-bond acceptors (Lipinski definition) is 5. The highest BCUT2D eigenvalue weighted by molar-refractivity contribution is 5.90. The summed E-state index contributed by atoms with van der Waals surface area (Å²) in [5.74, 6) is -0.538. The first-order valence-electron chi connectivity index (χ1n) is 11.6. The summed E-state index contributed by atoms with van der Waals surface area (Å²) in [6.45, 7) is 2.02. The number of amides is 1. The van der Waals surface area contributed by atoms with Crippen LogP contribution in [0.4, 0.5) is 0 Å². The van der Waals surface area contributed by atoms with Gasteiger partial charge in [0.2, 0.25) is 0 Å². The number of hydrogen-bond donors (Lipinski definition) is 2. The molecule has 1 aromatic carbocycles. The molecule has 34 heavy (non-hydrogen) atoms. The van der Waals surface area contributed by atoms with E-state index >= 15 is 0 Å². The summed E-state index contributed by atoms with van der Waals surface area (Å²) in [6, 6.07) is 18.9. The Balaban J connectivity index is 1.34. The highest BCUT2D eigenvalue weighted by atomic mass is 16.5. The van der Waals surface area contributed by atoms with Crippen LogP contribution in [0.1, 0.15) is 35.6 Å². The van der Waals surface area contributed by atoms with Crippen LogP contribution in [0.25, 0.3) is 22.9 Å². The van der Waals surface area contributed by atoms with Crippen LogP contribution in [0.5, 0.6) is 0 Å². The van der Waals surface area contributed by atoms with Crippen molar-refractivity contribution in [3.63, 3.8) is 0 Å². The Bertz CT molecular complexity index is 1300. The molecule has 7 nitrogen and oxygen atoms in total. The maximum absolute atomic E-state index is 11.2. The van der Waals surface area contributed by atoms with Gasteiger partial charge in [-0.2, -0.15) is 5.10 Å². The Labute approximate surface area is 198 Å². The molecule has 1 saturated heterocycles. The standard InChI is InChI=1S/C27H27N5O2/c33-26(30-34)13-10-20-8-11-21(12-9-20)24-7-4-16-31(24)18-14-23-25-6-1-2-17-32(25)29-27(23)22-5-3-15-28-19-22/h1-3,5-6,8-13,15,17,19,24,34H,4,7,14,16,18H2,(H,30,33)/b13-10+. The predicted molar refractivity (Wildman–Crippen MR) is 131 cm³/mol. The van der Waals surface area contributed by atoms with Crippen LogP contribution < -0.4 is 5.48 Å². The number of nitrogens with one attached hydrogen (secondary N) is 1. The van der Waals surface area contributed by atoms with E-state index in [-0.39, 0.29) is 0 Å². The minimum atomic E-state index is -0.538. The van der Waals surface area contributed by atoms with Crippen molar-refractivity contribution >= 4 is 17.5 Å². The van der Waals surface area contributed by atoms with Crippen molar-refractivity contribution in [3.05, 3.63) is 96.0 Å². The molecule has 5 rings (SSSR count). The topological polar surface area (TPSA) is 82.8 Å². The zero-order valence-electron chi connectivity index (χ0n) is 18.8. The third-order valence-electron chi connectivity index (χ3n) is 6.45. The molecule has 1 amide bonds. The van der Waals surface area contributed by atoms with Gasteiger partial charge in [0.1, 0.15) is 0 Å². The minimum Gasteiger partial charge on any atom is -0.296 e. The van der Waals surface area contributed by atoms with E-state index in [0.717, 1.165) is 48.3 Å². The largest absolute Gasteiger partial charge is 0.296 e. The molecule has 1 aliphatic rings. The van der Waals surface area contributed by atoms with E-state index in [1.54, 1.807) is 17.8 Å². The van der Waals surface area contributed by atoms with Gasteiger partial charge in [-0.25, -0.2) is 10.00 Å². The van der Waals surface area contributed by atoms with E-state index in [4.69, 9.17) is 10.3 Å². The van der Waals surface area contributed by atoms with Gasteiger partial charge in [-0.15, -0.1) is 0 Å². The van der Waals surface area contributed by atoms with Crippen molar-refractivity contribution < 1.29 is 10.0 Å². The normalized spacial score (nSPS) is 16.4. The number of hydroxylamine groups is 1. The van der Waals surface area contributed by atoms with Crippen LogP contribution in [0.2, 0.25) is 0 Å². The highest BCUT2D eigenvalue weighted by Gasteiger charge is 2.26. The van der Waals surface area contributed by atoms with Gasteiger partial charge in [0.05, 0.1) is 11.2 Å². The van der Waals surface area contributed by atoms with Crippen LogP contribution in [-0.2, 0) is 11.2 Å². The first-order chi connectivity index (χ1) is 16.7. The second-order valence-corrected chi connectivity index (χ2v) is 8.52. The molecule has 172 valence electrons. The molecule has 0 saturated carbocycles. The third kappa shape index (κ3) is 4.62. The van der Waals surface area contributed by atoms with Crippen LogP contribution >= 0.6 is 0 Å². The lowest BCUT2D eigenvalue weighted by Gasteiger charge is -2.25. The zero-order valence-corrected chi connectivity index (χ0v) is 18.8. The molecule has 1 fully saturated rings. The molecule has 1 aliphatic heterocycles. The molecule has 4 aromatic rings. The Kier molecular flexibility index (Phi) is 6.46. The van der Waals surface area contributed by atoms with Crippen molar-refractivity contribution in [2.75, 3.05) is 13.1 Å². The highest BCUT2D eigenvalue weighted by Crippen LogP contribution is 2.33. The quantitative estimate of drug-likeness (QED) is 0.248. The van der Waals surface area contributed by atoms with Crippen molar-refractivity contribution in [2.24, 2.45) is 0 Å². The Hall–Kier alpha value is -3.81. The third-order valence-corrected chi connectivity index (χ3v) is 6.45. The van der Waals surface area contributed by atoms with E-state index in [1.807, 2.05) is 41.2 Å². The summed E-state index contributed by atoms with van der Waals surface area (Å²) < 4.78 is 1.96. The van der Waals surface area contributed by atoms with Crippen LogP contribution in [0.15, 0.2) is 79.3 Å². The van der Waals surface area contributed by atoms with E-state index in [0.29, 0.717) is 6.04 Å². The summed E-state index contributed by atoms with van der Waals surface area (Å²) in [6.07, 6.45) is 11.9.